The molecular weight excluding hydrogens is 182 g/mol. The minimum atomic E-state index is -0.426. The molecule has 0 atom stereocenters. The van der Waals surface area contributed by atoms with Gasteiger partial charge in [-0.3, -0.25) is 9.36 Å². The molecule has 0 bridgehead atoms. The minimum absolute atomic E-state index is 0.426. The number of hydrogen-bond acceptors (Lipinski definition) is 3. The van der Waals surface area contributed by atoms with Crippen LogP contribution in [0.5, 0.6) is 0 Å². The van der Waals surface area contributed by atoms with Crippen molar-refractivity contribution in [3.05, 3.63) is 36.2 Å². The normalized spacial score (nSPS) is 10.4. The molecule has 0 aromatic carbocycles. The van der Waals surface area contributed by atoms with Crippen molar-refractivity contribution in [1.82, 2.24) is 4.57 Å². The van der Waals surface area contributed by atoms with E-state index in [0.717, 1.165) is 5.69 Å². The van der Waals surface area contributed by atoms with Crippen molar-refractivity contribution in [3.8, 4) is 0 Å². The van der Waals surface area contributed by atoms with E-state index in [0.29, 0.717) is 12.7 Å². The number of rotatable bonds is 3. The summed E-state index contributed by atoms with van der Waals surface area (Å²) in [5.74, 6) is 0. The molecule has 1 heterocycles. The van der Waals surface area contributed by atoms with E-state index in [1.807, 2.05) is 0 Å². The zero-order valence-corrected chi connectivity index (χ0v) is 7.84. The Morgan fingerprint density at radius 1 is 1.64 bits per heavy atom. The highest BCUT2D eigenvalue weighted by atomic mass is 16.5. The van der Waals surface area contributed by atoms with Gasteiger partial charge in [0, 0.05) is 18.3 Å². The first kappa shape index (κ1) is 10.2. The second-order valence-electron chi connectivity index (χ2n) is 2.61. The van der Waals surface area contributed by atoms with E-state index in [-0.39, 0.29) is 0 Å². The molecule has 0 saturated carbocycles. The molecule has 1 aromatic heterocycles. The first-order chi connectivity index (χ1) is 6.79. The standard InChI is InChI=1S/C10H11NO3/c1-14-10(13)11-7-4-6-9(11)5-2-3-8-12/h2-4,6-8H,5H2,1H3/b3-2+. The maximum absolute atomic E-state index is 11.2. The Kier molecular flexibility index (Phi) is 3.67. The Labute approximate surface area is 81.8 Å². The maximum Gasteiger partial charge on any atom is 0.417 e. The largest absolute Gasteiger partial charge is 0.452 e. The van der Waals surface area contributed by atoms with Crippen LogP contribution in [0.3, 0.4) is 0 Å². The summed E-state index contributed by atoms with van der Waals surface area (Å²) >= 11 is 0. The highest BCUT2D eigenvalue weighted by molar-refractivity contribution is 5.71. The first-order valence-corrected chi connectivity index (χ1v) is 4.14. The highest BCUT2D eigenvalue weighted by Gasteiger charge is 2.06. The van der Waals surface area contributed by atoms with Crippen LogP contribution in [0.1, 0.15) is 5.69 Å². The summed E-state index contributed by atoms with van der Waals surface area (Å²) in [5.41, 5.74) is 0.787. The van der Waals surface area contributed by atoms with Gasteiger partial charge in [0.2, 0.25) is 0 Å². The topological polar surface area (TPSA) is 48.3 Å². The third-order valence-electron chi connectivity index (χ3n) is 1.75. The van der Waals surface area contributed by atoms with Gasteiger partial charge >= 0.3 is 6.09 Å². The Morgan fingerprint density at radius 3 is 3.07 bits per heavy atom. The lowest BCUT2D eigenvalue weighted by Gasteiger charge is -2.03. The number of carbonyl (C=O) groups is 2. The van der Waals surface area contributed by atoms with E-state index < -0.39 is 6.09 Å². The van der Waals surface area contributed by atoms with Gasteiger partial charge in [0.25, 0.3) is 0 Å². The number of aromatic nitrogens is 1. The maximum atomic E-state index is 11.2. The van der Waals surface area contributed by atoms with Crippen molar-refractivity contribution >= 4 is 12.4 Å². The molecule has 1 aromatic rings. The Balaban J connectivity index is 2.77. The summed E-state index contributed by atoms with van der Waals surface area (Å²) in [6.07, 6.45) is 5.50. The van der Waals surface area contributed by atoms with E-state index in [4.69, 9.17) is 0 Å². The zero-order valence-electron chi connectivity index (χ0n) is 7.84. The van der Waals surface area contributed by atoms with Crippen LogP contribution in [-0.2, 0) is 16.0 Å². The molecule has 0 aliphatic heterocycles. The van der Waals surface area contributed by atoms with Gasteiger partial charge in [-0.1, -0.05) is 6.08 Å². The fourth-order valence-electron chi connectivity index (χ4n) is 1.10. The molecule has 14 heavy (non-hydrogen) atoms. The van der Waals surface area contributed by atoms with Crippen molar-refractivity contribution in [1.29, 1.82) is 0 Å². The van der Waals surface area contributed by atoms with Gasteiger partial charge in [-0.05, 0) is 18.2 Å². The highest BCUT2D eigenvalue weighted by Crippen LogP contribution is 2.04. The van der Waals surface area contributed by atoms with E-state index in [2.05, 4.69) is 4.74 Å². The van der Waals surface area contributed by atoms with Gasteiger partial charge in [0.1, 0.15) is 6.29 Å². The van der Waals surface area contributed by atoms with E-state index >= 15 is 0 Å². The number of ether oxygens (including phenoxy) is 1. The molecule has 0 aliphatic carbocycles. The molecule has 0 fully saturated rings. The van der Waals surface area contributed by atoms with Crippen LogP contribution < -0.4 is 0 Å². The van der Waals surface area contributed by atoms with Crippen molar-refractivity contribution in [2.24, 2.45) is 0 Å². The van der Waals surface area contributed by atoms with E-state index in [1.165, 1.54) is 17.8 Å². The molecule has 1 rings (SSSR count). The quantitative estimate of drug-likeness (QED) is 0.538. The summed E-state index contributed by atoms with van der Waals surface area (Å²) in [5, 5.41) is 0. The second kappa shape index (κ2) is 5.01. The lowest BCUT2D eigenvalue weighted by Crippen LogP contribution is -2.12. The molecule has 0 aliphatic rings. The number of nitrogens with zero attached hydrogens (tertiary/aromatic N) is 1. The fourth-order valence-corrected chi connectivity index (χ4v) is 1.10. The SMILES string of the molecule is COC(=O)n1cccc1C/C=C/C=O. The van der Waals surface area contributed by atoms with Gasteiger partial charge in [-0.15, -0.1) is 0 Å². The Bertz CT molecular complexity index is 352. The third kappa shape index (κ3) is 2.32. The number of carbonyl (C=O) groups excluding carboxylic acids is 2. The molecule has 0 saturated heterocycles. The predicted octanol–water partition coefficient (Wildman–Crippen LogP) is 1.40. The van der Waals surface area contributed by atoms with Crippen LogP contribution in [0.2, 0.25) is 0 Å². The van der Waals surface area contributed by atoms with E-state index in [9.17, 15) is 9.59 Å². The molecule has 74 valence electrons. The smallest absolute Gasteiger partial charge is 0.417 e. The molecule has 0 unspecified atom stereocenters. The van der Waals surface area contributed by atoms with Gasteiger partial charge < -0.3 is 4.74 Å². The van der Waals surface area contributed by atoms with Crippen molar-refractivity contribution in [3.63, 3.8) is 0 Å². The van der Waals surface area contributed by atoms with Crippen molar-refractivity contribution in [2.75, 3.05) is 7.11 Å². The van der Waals surface area contributed by atoms with Crippen LogP contribution in [0.4, 0.5) is 4.79 Å². The first-order valence-electron chi connectivity index (χ1n) is 4.14. The van der Waals surface area contributed by atoms with Crippen LogP contribution in [0.25, 0.3) is 0 Å². The minimum Gasteiger partial charge on any atom is -0.452 e. The van der Waals surface area contributed by atoms with Gasteiger partial charge in [-0.2, -0.15) is 0 Å². The molecule has 0 N–H and O–H groups in total. The monoisotopic (exact) mass is 193 g/mol. The zero-order chi connectivity index (χ0) is 10.4. The van der Waals surface area contributed by atoms with Crippen LogP contribution in [0.15, 0.2) is 30.5 Å². The molecule has 4 heteroatoms. The lowest BCUT2D eigenvalue weighted by atomic mass is 10.3. The summed E-state index contributed by atoms with van der Waals surface area (Å²) in [4.78, 5) is 21.2. The van der Waals surface area contributed by atoms with Crippen LogP contribution >= 0.6 is 0 Å². The van der Waals surface area contributed by atoms with E-state index in [1.54, 1.807) is 24.4 Å². The number of aldehydes is 1. The Morgan fingerprint density at radius 2 is 2.43 bits per heavy atom. The van der Waals surface area contributed by atoms with Crippen molar-refractivity contribution in [2.45, 2.75) is 6.42 Å². The molecule has 0 radical (unpaired) electrons. The summed E-state index contributed by atoms with van der Waals surface area (Å²) in [6.45, 7) is 0. The fraction of sp³-hybridized carbons (Fsp3) is 0.200. The van der Waals surface area contributed by atoms with Gasteiger partial charge in [0.15, 0.2) is 0 Å². The summed E-state index contributed by atoms with van der Waals surface area (Å²) in [7, 11) is 1.33. The van der Waals surface area contributed by atoms with Crippen LogP contribution in [0, 0.1) is 0 Å². The number of allylic oxidation sites excluding steroid dienone is 2. The van der Waals surface area contributed by atoms with Gasteiger partial charge in [0.05, 0.1) is 7.11 Å². The molecule has 4 nitrogen and oxygen atoms in total. The second-order valence-corrected chi connectivity index (χ2v) is 2.61. The Hall–Kier alpha value is -1.84. The lowest BCUT2D eigenvalue weighted by molar-refractivity contribution is -0.104. The van der Waals surface area contributed by atoms with Crippen LogP contribution in [-0.4, -0.2) is 24.1 Å². The van der Waals surface area contributed by atoms with Crippen molar-refractivity contribution < 1.29 is 14.3 Å². The molecule has 0 amide bonds. The predicted molar refractivity (Wildman–Crippen MR) is 51.1 cm³/mol. The summed E-state index contributed by atoms with van der Waals surface area (Å²) < 4.78 is 5.97. The average molecular weight is 193 g/mol. The average Bonchev–Trinajstić information content (AvgIpc) is 2.65. The summed E-state index contributed by atoms with van der Waals surface area (Å²) in [6, 6.07) is 3.55. The third-order valence-corrected chi connectivity index (χ3v) is 1.75. The molecular formula is C10H11NO3. The van der Waals surface area contributed by atoms with Gasteiger partial charge in [-0.25, -0.2) is 4.79 Å². The number of methoxy groups -OCH3 is 1. The number of hydrogen-bond donors (Lipinski definition) is 0. The molecule has 0 spiro atoms.